The number of hydrazine groups is 2. The van der Waals surface area contributed by atoms with Gasteiger partial charge in [0.25, 0.3) is 0 Å². The summed E-state index contributed by atoms with van der Waals surface area (Å²) in [4.78, 5) is 0. The average molecular weight is 74.1 g/mol. The highest BCUT2D eigenvalue weighted by molar-refractivity contribution is 4.60. The van der Waals surface area contributed by atoms with Gasteiger partial charge in [-0.1, -0.05) is 0 Å². The largest absolute Gasteiger partial charge is 0.300 e. The van der Waals surface area contributed by atoms with E-state index in [9.17, 15) is 0 Å². The predicted octanol–water partition coefficient (Wildman–Crippen LogP) is -2.08. The lowest BCUT2D eigenvalue weighted by atomic mass is 11.1. The van der Waals surface area contributed by atoms with E-state index in [1.165, 1.54) is 5.12 Å². The predicted molar refractivity (Wildman–Crippen MR) is 17.1 cm³/mol. The fourth-order valence-electron chi connectivity index (χ4n) is 0.119. The number of nitrogens with one attached hydrogen (secondary N) is 1. The Morgan fingerprint density at radius 3 is 2.00 bits per heavy atom. The van der Waals surface area contributed by atoms with Gasteiger partial charge < -0.3 is 5.73 Å². The Labute approximate surface area is 29.7 Å². The van der Waals surface area contributed by atoms with Gasteiger partial charge in [-0.05, 0) is 0 Å². The molecule has 1 heterocycles. The van der Waals surface area contributed by atoms with Gasteiger partial charge in [0.15, 0.2) is 6.29 Å². The topological polar surface area (TPSA) is 77.0 Å². The minimum atomic E-state index is -0.0880. The van der Waals surface area contributed by atoms with Crippen LogP contribution in [0.15, 0.2) is 0 Å². The van der Waals surface area contributed by atoms with Crippen LogP contribution in [-0.2, 0) is 0 Å². The summed E-state index contributed by atoms with van der Waals surface area (Å²) in [5.41, 5.74) is 7.64. The zero-order valence-electron chi connectivity index (χ0n) is 2.68. The van der Waals surface area contributed by atoms with E-state index in [-0.39, 0.29) is 6.29 Å². The van der Waals surface area contributed by atoms with Gasteiger partial charge in [0.05, 0.1) is 0 Å². The van der Waals surface area contributed by atoms with Gasteiger partial charge in [0, 0.05) is 0 Å². The smallest absolute Gasteiger partial charge is 0.153 e. The van der Waals surface area contributed by atoms with Crippen LogP contribution in [0.25, 0.3) is 0 Å². The van der Waals surface area contributed by atoms with Crippen LogP contribution in [0.4, 0.5) is 0 Å². The highest BCUT2D eigenvalue weighted by Gasteiger charge is 2.23. The summed E-state index contributed by atoms with van der Waals surface area (Å²) in [5, 5.41) is 1.32. The van der Waals surface area contributed by atoms with E-state index in [0.29, 0.717) is 0 Å². The van der Waals surface area contributed by atoms with Crippen LogP contribution in [0.2, 0.25) is 0 Å². The first-order valence-corrected chi connectivity index (χ1v) is 1.36. The Morgan fingerprint density at radius 1 is 1.80 bits per heavy atom. The summed E-state index contributed by atoms with van der Waals surface area (Å²) in [5.74, 6) is 4.96. The Bertz CT molecular complexity index is 36.9. The van der Waals surface area contributed by atoms with Gasteiger partial charge in [0.2, 0.25) is 0 Å². The van der Waals surface area contributed by atoms with Crippen molar-refractivity contribution in [1.29, 1.82) is 0 Å². The second-order valence-electron chi connectivity index (χ2n) is 0.981. The lowest BCUT2D eigenvalue weighted by Gasteiger charge is -1.72. The highest BCUT2D eigenvalue weighted by Crippen LogP contribution is 1.86. The molecule has 0 spiro atoms. The van der Waals surface area contributed by atoms with Crippen molar-refractivity contribution >= 4 is 0 Å². The van der Waals surface area contributed by atoms with Crippen molar-refractivity contribution in [2.75, 3.05) is 0 Å². The average Bonchev–Trinajstić information content (AvgIpc) is 1.79. The third-order valence-corrected chi connectivity index (χ3v) is 0.513. The number of hydrogen-bond acceptors (Lipinski definition) is 4. The molecule has 30 valence electrons. The number of nitrogens with two attached hydrogens (primary N) is 2. The van der Waals surface area contributed by atoms with Crippen LogP contribution in [0.3, 0.4) is 0 Å². The molecular formula is CH6N4. The molecule has 1 aliphatic heterocycles. The van der Waals surface area contributed by atoms with E-state index in [4.69, 9.17) is 11.6 Å². The molecule has 0 bridgehead atoms. The second-order valence-corrected chi connectivity index (χ2v) is 0.981. The maximum Gasteiger partial charge on any atom is 0.153 e. The molecule has 1 saturated heterocycles. The van der Waals surface area contributed by atoms with Crippen LogP contribution < -0.4 is 17.0 Å². The van der Waals surface area contributed by atoms with Crippen molar-refractivity contribution in [1.82, 2.24) is 10.5 Å². The molecule has 0 aliphatic carbocycles. The lowest BCUT2D eigenvalue weighted by Crippen LogP contribution is -2.15. The van der Waals surface area contributed by atoms with E-state index in [1.54, 1.807) is 0 Å². The molecular weight excluding hydrogens is 68.0 g/mol. The molecule has 0 saturated carbocycles. The molecule has 0 amide bonds. The monoisotopic (exact) mass is 74.1 g/mol. The fraction of sp³-hybridized carbons (Fsp3) is 1.00. The number of hydrogen-bond donors (Lipinski definition) is 3. The zero-order valence-corrected chi connectivity index (χ0v) is 2.68. The van der Waals surface area contributed by atoms with Crippen LogP contribution in [0.1, 0.15) is 0 Å². The van der Waals surface area contributed by atoms with E-state index in [0.717, 1.165) is 0 Å². The van der Waals surface area contributed by atoms with Crippen LogP contribution in [0.5, 0.6) is 0 Å². The molecule has 2 atom stereocenters. The molecule has 1 fully saturated rings. The lowest BCUT2D eigenvalue weighted by molar-refractivity contribution is 0.514. The van der Waals surface area contributed by atoms with Crippen molar-refractivity contribution in [3.63, 3.8) is 0 Å². The number of nitrogens with zero attached hydrogens (tertiary/aromatic N) is 1. The van der Waals surface area contributed by atoms with Gasteiger partial charge in [-0.3, -0.25) is 5.84 Å². The van der Waals surface area contributed by atoms with E-state index >= 15 is 0 Å². The maximum atomic E-state index is 5.06. The summed E-state index contributed by atoms with van der Waals surface area (Å²) >= 11 is 0. The SMILES string of the molecule is NC1NN1N. The Morgan fingerprint density at radius 2 is 2.00 bits per heavy atom. The van der Waals surface area contributed by atoms with Crippen LogP contribution in [0, 0.1) is 0 Å². The van der Waals surface area contributed by atoms with Crippen molar-refractivity contribution in [2.45, 2.75) is 6.29 Å². The van der Waals surface area contributed by atoms with Gasteiger partial charge in [-0.15, -0.1) is 5.12 Å². The first kappa shape index (κ1) is 3.05. The molecule has 5 heavy (non-hydrogen) atoms. The summed E-state index contributed by atoms with van der Waals surface area (Å²) in [6.45, 7) is 0. The van der Waals surface area contributed by atoms with Crippen LogP contribution >= 0.6 is 0 Å². The standard InChI is InChI=1S/CH6N4/c2-1-4-5(1)3/h1,4H,2-3H2. The molecule has 1 rings (SSSR count). The van der Waals surface area contributed by atoms with Gasteiger partial charge in [0.1, 0.15) is 0 Å². The molecule has 0 aromatic heterocycles. The van der Waals surface area contributed by atoms with Gasteiger partial charge in [-0.25, -0.2) is 5.43 Å². The summed E-state index contributed by atoms with van der Waals surface area (Å²) in [7, 11) is 0. The summed E-state index contributed by atoms with van der Waals surface area (Å²) < 4.78 is 0. The molecule has 4 heteroatoms. The van der Waals surface area contributed by atoms with Crippen molar-refractivity contribution in [3.05, 3.63) is 0 Å². The Hall–Kier alpha value is -0.160. The Balaban J connectivity index is 2.20. The molecule has 5 N–H and O–H groups in total. The molecule has 0 radical (unpaired) electrons. The normalized spacial score (nSPS) is 49.2. The van der Waals surface area contributed by atoms with Crippen molar-refractivity contribution in [3.8, 4) is 0 Å². The molecule has 4 nitrogen and oxygen atoms in total. The quantitative estimate of drug-likeness (QED) is 0.228. The van der Waals surface area contributed by atoms with Crippen molar-refractivity contribution in [2.24, 2.45) is 11.6 Å². The zero-order chi connectivity index (χ0) is 3.86. The van der Waals surface area contributed by atoms with E-state index in [1.807, 2.05) is 0 Å². The minimum absolute atomic E-state index is 0.0880. The van der Waals surface area contributed by atoms with E-state index in [2.05, 4.69) is 5.43 Å². The number of rotatable bonds is 0. The minimum Gasteiger partial charge on any atom is -0.300 e. The summed E-state index contributed by atoms with van der Waals surface area (Å²) in [6, 6.07) is 0. The Kier molecular flexibility index (Phi) is 0.403. The van der Waals surface area contributed by atoms with Gasteiger partial charge in [-0.2, -0.15) is 0 Å². The molecule has 2 unspecified atom stereocenters. The van der Waals surface area contributed by atoms with Gasteiger partial charge >= 0.3 is 0 Å². The third-order valence-electron chi connectivity index (χ3n) is 0.513. The van der Waals surface area contributed by atoms with Crippen LogP contribution in [-0.4, -0.2) is 11.4 Å². The van der Waals surface area contributed by atoms with E-state index < -0.39 is 0 Å². The first-order valence-electron chi connectivity index (χ1n) is 1.36. The molecule has 0 aromatic rings. The third kappa shape index (κ3) is 0.381. The summed E-state index contributed by atoms with van der Waals surface area (Å²) in [6.07, 6.45) is -0.0880. The van der Waals surface area contributed by atoms with Crippen molar-refractivity contribution < 1.29 is 0 Å². The molecule has 0 aromatic carbocycles. The fourth-order valence-corrected chi connectivity index (χ4v) is 0.119. The second kappa shape index (κ2) is 0.662. The highest BCUT2D eigenvalue weighted by atomic mass is 15.9. The molecule has 1 aliphatic rings. The first-order chi connectivity index (χ1) is 2.30. The maximum absolute atomic E-state index is 5.06.